The van der Waals surface area contributed by atoms with E-state index in [1.54, 1.807) is 0 Å². The number of ether oxygens (including phenoxy) is 1. The van der Waals surface area contributed by atoms with Crippen LogP contribution in [0.15, 0.2) is 85.1 Å². The summed E-state index contributed by atoms with van der Waals surface area (Å²) in [7, 11) is 1.47. The van der Waals surface area contributed by atoms with E-state index in [0.717, 1.165) is 122 Å². The maximum absolute atomic E-state index is 13.5. The zero-order valence-corrected chi connectivity index (χ0v) is 49.7. The number of unbranched alkanes of at least 4 members (excludes halogenated alkanes) is 26. The summed E-state index contributed by atoms with van der Waals surface area (Å²) in [6.07, 6.45) is 70.0. The second-order valence-electron chi connectivity index (χ2n) is 21.5. The highest BCUT2D eigenvalue weighted by Gasteiger charge is 2.30. The van der Waals surface area contributed by atoms with Gasteiger partial charge in [-0.2, -0.15) is 0 Å². The second-order valence-corrected chi connectivity index (χ2v) is 22.9. The van der Waals surface area contributed by atoms with E-state index < -0.39 is 20.0 Å². The molecule has 0 aliphatic heterocycles. The number of nitrogens with zero attached hydrogens (tertiary/aromatic N) is 1. The molecule has 0 rings (SSSR count). The molecule has 0 saturated heterocycles. The van der Waals surface area contributed by atoms with Crippen molar-refractivity contribution in [3.63, 3.8) is 0 Å². The first kappa shape index (κ1) is 71.2. The van der Waals surface area contributed by atoms with Crippen LogP contribution in [-0.4, -0.2) is 74.3 Å². The molecule has 0 spiro atoms. The van der Waals surface area contributed by atoms with Gasteiger partial charge in [-0.3, -0.25) is 18.6 Å². The molecule has 2 N–H and O–H groups in total. The Morgan fingerprint density at radius 3 is 1.32 bits per heavy atom. The predicted octanol–water partition coefficient (Wildman–Crippen LogP) is 18.6. The number of rotatable bonds is 54. The van der Waals surface area contributed by atoms with Crippen molar-refractivity contribution in [1.82, 2.24) is 5.32 Å². The van der Waals surface area contributed by atoms with Crippen LogP contribution < -0.4 is 5.32 Å². The van der Waals surface area contributed by atoms with E-state index >= 15 is 0 Å². The topological polar surface area (TPSA) is 111 Å². The van der Waals surface area contributed by atoms with E-state index in [2.05, 4.69) is 99.0 Å². The fourth-order valence-electron chi connectivity index (χ4n) is 8.37. The first-order valence-electron chi connectivity index (χ1n) is 30.4. The first-order chi connectivity index (χ1) is 35.9. The Kier molecular flexibility index (Phi) is 51.5. The van der Waals surface area contributed by atoms with Crippen molar-refractivity contribution in [2.24, 2.45) is 0 Å². The Balaban J connectivity index is 5.31. The molecule has 9 nitrogen and oxygen atoms in total. The van der Waals surface area contributed by atoms with Crippen LogP contribution in [0.1, 0.15) is 258 Å². The highest BCUT2D eigenvalue weighted by Crippen LogP contribution is 2.43. The number of nitrogens with one attached hydrogen (secondary N) is 1. The van der Waals surface area contributed by atoms with E-state index in [-0.39, 0.29) is 31.5 Å². The summed E-state index contributed by atoms with van der Waals surface area (Å²) in [4.78, 5) is 37.7. The quantitative estimate of drug-likeness (QED) is 0.0205. The molecule has 74 heavy (non-hydrogen) atoms. The Labute approximate surface area is 456 Å². The Bertz CT molecular complexity index is 1540. The van der Waals surface area contributed by atoms with E-state index in [0.29, 0.717) is 17.4 Å². The van der Waals surface area contributed by atoms with Gasteiger partial charge in [-0.25, -0.2) is 4.57 Å². The summed E-state index contributed by atoms with van der Waals surface area (Å²) in [5.41, 5.74) is 0. The van der Waals surface area contributed by atoms with Gasteiger partial charge in [0.2, 0.25) is 5.91 Å². The van der Waals surface area contributed by atoms with Gasteiger partial charge in [0.15, 0.2) is 0 Å². The van der Waals surface area contributed by atoms with Gasteiger partial charge in [0.05, 0.1) is 33.8 Å². The first-order valence-corrected chi connectivity index (χ1v) is 31.9. The van der Waals surface area contributed by atoms with Crippen LogP contribution in [0.2, 0.25) is 0 Å². The van der Waals surface area contributed by atoms with Crippen molar-refractivity contribution in [1.29, 1.82) is 0 Å². The second kappa shape index (κ2) is 53.6. The van der Waals surface area contributed by atoms with Crippen LogP contribution in [0, 0.1) is 0 Å². The van der Waals surface area contributed by atoms with Crippen LogP contribution in [-0.2, 0) is 27.9 Å². The molecule has 0 fully saturated rings. The van der Waals surface area contributed by atoms with Gasteiger partial charge in [-0.15, -0.1) is 0 Å². The number of quaternary nitrogens is 1. The number of esters is 1. The third kappa shape index (κ3) is 54.0. The summed E-state index contributed by atoms with van der Waals surface area (Å²) in [6.45, 7) is 6.86. The lowest BCUT2D eigenvalue weighted by Crippen LogP contribution is -2.47. The summed E-state index contributed by atoms with van der Waals surface area (Å²) < 4.78 is 30.7. The van der Waals surface area contributed by atoms with Crippen LogP contribution >= 0.6 is 7.82 Å². The number of hydrogen-bond acceptors (Lipinski definition) is 6. The molecular formula is C64H116N2O7P+. The zero-order chi connectivity index (χ0) is 54.3. The highest BCUT2D eigenvalue weighted by atomic mass is 31.2. The molecule has 0 aromatic heterocycles. The molecule has 0 bridgehead atoms. The number of carbonyl (C=O) groups is 2. The SMILES string of the molecule is CC/C=C\C/C=C\C/C=C\C/C=C\C/C=C\CCCCCCCC(=O)NC(COP(=O)(O)OCC[N+](C)(C)C)C(/C=C\CCCCCCCCCCCC)OC(=O)CCCCCCCCC/C=C\CCCCCC. The molecule has 0 radical (unpaired) electrons. The lowest BCUT2D eigenvalue weighted by atomic mass is 10.0. The van der Waals surface area contributed by atoms with E-state index in [1.807, 2.05) is 33.3 Å². The molecule has 0 heterocycles. The van der Waals surface area contributed by atoms with Crippen LogP contribution in [0.5, 0.6) is 0 Å². The lowest BCUT2D eigenvalue weighted by molar-refractivity contribution is -0.870. The third-order valence-electron chi connectivity index (χ3n) is 13.1. The van der Waals surface area contributed by atoms with Gasteiger partial charge in [0.25, 0.3) is 0 Å². The van der Waals surface area contributed by atoms with Crippen molar-refractivity contribution in [2.45, 2.75) is 270 Å². The van der Waals surface area contributed by atoms with E-state index in [4.69, 9.17) is 13.8 Å². The highest BCUT2D eigenvalue weighted by molar-refractivity contribution is 7.47. The average molecular weight is 1060 g/mol. The van der Waals surface area contributed by atoms with Crippen molar-refractivity contribution in [3.05, 3.63) is 85.1 Å². The molecule has 1 amide bonds. The Hall–Kier alpha value is -2.81. The van der Waals surface area contributed by atoms with Crippen molar-refractivity contribution < 1.29 is 37.3 Å². The molecule has 0 aliphatic rings. The lowest BCUT2D eigenvalue weighted by Gasteiger charge is -2.27. The fraction of sp³-hybridized carbons (Fsp3) is 0.750. The minimum atomic E-state index is -4.46. The number of phosphoric ester groups is 1. The van der Waals surface area contributed by atoms with Gasteiger partial charge in [0.1, 0.15) is 19.3 Å². The largest absolute Gasteiger partial charge is 0.472 e. The molecule has 428 valence electrons. The van der Waals surface area contributed by atoms with Gasteiger partial charge in [0, 0.05) is 12.8 Å². The van der Waals surface area contributed by atoms with E-state index in [9.17, 15) is 19.0 Å². The van der Waals surface area contributed by atoms with Gasteiger partial charge in [-0.1, -0.05) is 228 Å². The summed E-state index contributed by atoms with van der Waals surface area (Å²) in [5.74, 6) is -0.533. The van der Waals surface area contributed by atoms with Gasteiger partial charge < -0.3 is 19.4 Å². The van der Waals surface area contributed by atoms with Crippen molar-refractivity contribution in [2.75, 3.05) is 40.9 Å². The van der Waals surface area contributed by atoms with Crippen LogP contribution in [0.25, 0.3) is 0 Å². The normalized spacial score (nSPS) is 14.3. The number of carbonyl (C=O) groups excluding carboxylic acids is 2. The zero-order valence-electron chi connectivity index (χ0n) is 48.8. The maximum atomic E-state index is 13.5. The molecule has 3 unspecified atom stereocenters. The number of likely N-dealkylation sites (N-methyl/N-ethyl adjacent to an activating group) is 1. The predicted molar refractivity (Wildman–Crippen MR) is 318 cm³/mol. The number of hydrogen-bond donors (Lipinski definition) is 2. The van der Waals surface area contributed by atoms with Crippen molar-refractivity contribution in [3.8, 4) is 0 Å². The summed E-state index contributed by atoms with van der Waals surface area (Å²) in [6, 6.07) is -0.864. The molecule has 3 atom stereocenters. The molecule has 10 heteroatoms. The molecule has 0 aromatic rings. The fourth-order valence-corrected chi connectivity index (χ4v) is 9.11. The summed E-state index contributed by atoms with van der Waals surface area (Å²) in [5, 5.41) is 3.04. The molecule has 0 saturated carbocycles. The number of allylic oxidation sites excluding steroid dienone is 13. The molecule has 0 aliphatic carbocycles. The smallest absolute Gasteiger partial charge is 0.456 e. The number of phosphoric acid groups is 1. The maximum Gasteiger partial charge on any atom is 0.472 e. The molecule has 0 aromatic carbocycles. The minimum absolute atomic E-state index is 0.0321. The van der Waals surface area contributed by atoms with E-state index in [1.165, 1.54) is 103 Å². The number of amides is 1. The van der Waals surface area contributed by atoms with Gasteiger partial charge in [-0.05, 0) is 102 Å². The van der Waals surface area contributed by atoms with Gasteiger partial charge >= 0.3 is 13.8 Å². The van der Waals surface area contributed by atoms with Crippen LogP contribution in [0.4, 0.5) is 0 Å². The third-order valence-corrected chi connectivity index (χ3v) is 14.1. The Morgan fingerprint density at radius 2 is 0.865 bits per heavy atom. The average Bonchev–Trinajstić information content (AvgIpc) is 3.36. The Morgan fingerprint density at radius 1 is 0.486 bits per heavy atom. The molecular weight excluding hydrogens is 940 g/mol. The van der Waals surface area contributed by atoms with Crippen LogP contribution in [0.3, 0.4) is 0 Å². The monoisotopic (exact) mass is 1060 g/mol. The standard InChI is InChI=1S/C64H115N2O7P/c1-7-10-13-16-19-22-25-28-30-31-32-33-34-35-37-38-41-44-47-50-53-56-63(67)65-61(60-72-74(69,70)71-59-58-66(4,5)6)62(55-52-49-46-43-40-27-24-21-18-15-12-9-3)73-64(68)57-54-51-48-45-42-39-36-29-26-23-20-17-14-11-8-2/h10,13,19,22-23,26,28,30,32-33,35,37,52,55,61-62H,7-9,11-12,14-18,20-21,24-25,27,29,31,34,36,38-51,53-54,56-60H2,1-6H3,(H-,65,67,69,70)/p+1/b13-10-,22-19-,26-23-,30-28-,33-32-,37-35-,55-52-. The van der Waals surface area contributed by atoms with Crippen molar-refractivity contribution >= 4 is 19.7 Å². The summed E-state index contributed by atoms with van der Waals surface area (Å²) >= 11 is 0. The minimum Gasteiger partial charge on any atom is -0.456 e.